The molecule has 0 aliphatic rings. The fourth-order valence-electron chi connectivity index (χ4n) is 2.56. The van der Waals surface area contributed by atoms with Crippen molar-refractivity contribution >= 4 is 11.8 Å². The smallest absolute Gasteiger partial charge is 0.305 e. The molecule has 0 spiro atoms. The van der Waals surface area contributed by atoms with Crippen molar-refractivity contribution in [2.24, 2.45) is 0 Å². The highest BCUT2D eigenvalue weighted by atomic mass is 16.4. The van der Waals surface area contributed by atoms with Gasteiger partial charge in [-0.2, -0.15) is 0 Å². The van der Waals surface area contributed by atoms with Gasteiger partial charge in [0.1, 0.15) is 0 Å². The van der Waals surface area contributed by atoms with Crippen molar-refractivity contribution in [1.29, 1.82) is 0 Å². The van der Waals surface area contributed by atoms with Gasteiger partial charge in [-0.3, -0.25) is 9.59 Å². The summed E-state index contributed by atoms with van der Waals surface area (Å²) in [6, 6.07) is 1.41. The highest BCUT2D eigenvalue weighted by molar-refractivity contribution is 6.04. The Balaban J connectivity index is 3.29. The molecule has 2 N–H and O–H groups in total. The number of carbonyl (C=O) groups excluding carboxylic acids is 1. The van der Waals surface area contributed by atoms with Gasteiger partial charge in [-0.25, -0.2) is 0 Å². The topological polar surface area (TPSA) is 66.4 Å². The van der Waals surface area contributed by atoms with Crippen LogP contribution in [-0.2, 0) is 4.79 Å². The highest BCUT2D eigenvalue weighted by Gasteiger charge is 2.26. The largest absolute Gasteiger partial charge is 0.481 e. The fraction of sp³-hybridized carbons (Fsp3) is 0.529. The van der Waals surface area contributed by atoms with E-state index in [1.807, 2.05) is 41.5 Å². The number of nitrogens with one attached hydrogen (secondary N) is 1. The lowest BCUT2D eigenvalue weighted by Crippen LogP contribution is -2.43. The molecule has 0 aromatic heterocycles. The number of aryl methyl sites for hydroxylation is 2. The van der Waals surface area contributed by atoms with E-state index < -0.39 is 12.0 Å². The summed E-state index contributed by atoms with van der Waals surface area (Å²) in [6.07, 6.45) is -0.205. The third-order valence-electron chi connectivity index (χ3n) is 3.84. The number of hydrogen-bond acceptors (Lipinski definition) is 3. The third kappa shape index (κ3) is 4.14. The standard InChI is InChI=1S/C17H25NO3/c1-9(2)18-14(8-15(19)20)17(21)16-12(5)10(3)7-11(4)13(16)6/h7,9,14,18H,8H2,1-6H3,(H,19,20). The molecule has 21 heavy (non-hydrogen) atoms. The van der Waals surface area contributed by atoms with Gasteiger partial charge in [0.2, 0.25) is 0 Å². The molecule has 0 amide bonds. The number of carbonyl (C=O) groups is 2. The maximum Gasteiger partial charge on any atom is 0.305 e. The van der Waals surface area contributed by atoms with Crippen molar-refractivity contribution in [3.05, 3.63) is 33.9 Å². The molecule has 0 aliphatic heterocycles. The SMILES string of the molecule is Cc1cc(C)c(C)c(C(=O)C(CC(=O)O)NC(C)C)c1C. The van der Waals surface area contributed by atoms with Crippen LogP contribution in [0, 0.1) is 27.7 Å². The second-order valence-corrected chi connectivity index (χ2v) is 5.97. The molecule has 1 aromatic carbocycles. The lowest BCUT2D eigenvalue weighted by Gasteiger charge is -2.22. The minimum absolute atomic E-state index is 0.0461. The summed E-state index contributed by atoms with van der Waals surface area (Å²) >= 11 is 0. The monoisotopic (exact) mass is 291 g/mol. The summed E-state index contributed by atoms with van der Waals surface area (Å²) < 4.78 is 0. The van der Waals surface area contributed by atoms with E-state index in [-0.39, 0.29) is 18.2 Å². The summed E-state index contributed by atoms with van der Waals surface area (Å²) in [7, 11) is 0. The van der Waals surface area contributed by atoms with E-state index in [9.17, 15) is 9.59 Å². The Morgan fingerprint density at radius 2 is 1.57 bits per heavy atom. The lowest BCUT2D eigenvalue weighted by atomic mass is 9.88. The number of carboxylic acids is 1. The first kappa shape index (κ1) is 17.4. The van der Waals surface area contributed by atoms with E-state index in [1.165, 1.54) is 0 Å². The normalized spacial score (nSPS) is 12.5. The average Bonchev–Trinajstić information content (AvgIpc) is 2.34. The fourth-order valence-corrected chi connectivity index (χ4v) is 2.56. The van der Waals surface area contributed by atoms with Crippen LogP contribution in [-0.4, -0.2) is 28.9 Å². The molecule has 1 atom stereocenters. The minimum atomic E-state index is -0.971. The second kappa shape index (κ2) is 6.85. The molecule has 0 saturated carbocycles. The Morgan fingerprint density at radius 3 is 1.95 bits per heavy atom. The van der Waals surface area contributed by atoms with Crippen LogP contribution in [0.4, 0.5) is 0 Å². The van der Waals surface area contributed by atoms with Crippen LogP contribution in [0.1, 0.15) is 52.9 Å². The summed E-state index contributed by atoms with van der Waals surface area (Å²) in [6.45, 7) is 11.6. The molecule has 0 fully saturated rings. The van der Waals surface area contributed by atoms with Gasteiger partial charge in [-0.05, 0) is 49.9 Å². The summed E-state index contributed by atoms with van der Waals surface area (Å²) in [4.78, 5) is 23.9. The van der Waals surface area contributed by atoms with E-state index in [0.29, 0.717) is 5.56 Å². The molecule has 1 rings (SSSR count). The number of carboxylic acid groups (broad SMARTS) is 1. The third-order valence-corrected chi connectivity index (χ3v) is 3.84. The van der Waals surface area contributed by atoms with Crippen molar-refractivity contribution in [3.8, 4) is 0 Å². The Bertz CT molecular complexity index is 535. The van der Waals surface area contributed by atoms with E-state index >= 15 is 0 Å². The van der Waals surface area contributed by atoms with E-state index in [1.54, 1.807) is 0 Å². The minimum Gasteiger partial charge on any atom is -0.481 e. The zero-order valence-electron chi connectivity index (χ0n) is 13.7. The van der Waals surface area contributed by atoms with Gasteiger partial charge in [0.05, 0.1) is 12.5 Å². The van der Waals surface area contributed by atoms with Crippen molar-refractivity contribution in [3.63, 3.8) is 0 Å². The number of Topliss-reactive ketones (excluding diaryl/α,β-unsaturated/α-hetero) is 1. The molecule has 4 heteroatoms. The van der Waals surface area contributed by atoms with Gasteiger partial charge in [0, 0.05) is 11.6 Å². The van der Waals surface area contributed by atoms with Crippen molar-refractivity contribution in [2.45, 2.75) is 60.0 Å². The highest BCUT2D eigenvalue weighted by Crippen LogP contribution is 2.23. The van der Waals surface area contributed by atoms with Crippen LogP contribution in [0.3, 0.4) is 0 Å². The van der Waals surface area contributed by atoms with Gasteiger partial charge in [0.25, 0.3) is 0 Å². The Morgan fingerprint density at radius 1 is 1.10 bits per heavy atom. The Labute approximate surface area is 126 Å². The van der Waals surface area contributed by atoms with Crippen LogP contribution >= 0.6 is 0 Å². The Hall–Kier alpha value is -1.68. The summed E-state index contributed by atoms with van der Waals surface area (Å²) in [5.74, 6) is -1.10. The van der Waals surface area contributed by atoms with Gasteiger partial charge >= 0.3 is 5.97 Å². The van der Waals surface area contributed by atoms with Crippen molar-refractivity contribution < 1.29 is 14.7 Å². The van der Waals surface area contributed by atoms with Crippen LogP contribution in [0.5, 0.6) is 0 Å². The Kier molecular flexibility index (Phi) is 5.67. The maximum absolute atomic E-state index is 12.8. The van der Waals surface area contributed by atoms with Gasteiger partial charge in [-0.15, -0.1) is 0 Å². The maximum atomic E-state index is 12.8. The molecule has 116 valence electrons. The molecule has 0 aliphatic carbocycles. The first-order chi connectivity index (χ1) is 9.65. The van der Waals surface area contributed by atoms with Gasteiger partial charge < -0.3 is 10.4 Å². The van der Waals surface area contributed by atoms with E-state index in [0.717, 1.165) is 22.3 Å². The lowest BCUT2D eigenvalue weighted by molar-refractivity contribution is -0.137. The quantitative estimate of drug-likeness (QED) is 0.791. The summed E-state index contributed by atoms with van der Waals surface area (Å²) in [5.41, 5.74) is 4.64. The number of aliphatic carboxylic acids is 1. The second-order valence-electron chi connectivity index (χ2n) is 5.97. The van der Waals surface area contributed by atoms with Gasteiger partial charge in [-0.1, -0.05) is 19.9 Å². The van der Waals surface area contributed by atoms with Gasteiger partial charge in [0.15, 0.2) is 5.78 Å². The first-order valence-corrected chi connectivity index (χ1v) is 7.24. The zero-order chi connectivity index (χ0) is 16.3. The number of benzene rings is 1. The molecule has 1 unspecified atom stereocenters. The number of rotatable bonds is 6. The molecular weight excluding hydrogens is 266 g/mol. The van der Waals surface area contributed by atoms with Crippen LogP contribution < -0.4 is 5.32 Å². The summed E-state index contributed by atoms with van der Waals surface area (Å²) in [5, 5.41) is 12.1. The molecular formula is C17H25NO3. The number of ketones is 1. The predicted octanol–water partition coefficient (Wildman–Crippen LogP) is 2.94. The van der Waals surface area contributed by atoms with Crippen LogP contribution in [0.25, 0.3) is 0 Å². The number of hydrogen-bond donors (Lipinski definition) is 2. The van der Waals surface area contributed by atoms with Crippen LogP contribution in [0.2, 0.25) is 0 Å². The molecule has 0 saturated heterocycles. The molecule has 4 nitrogen and oxygen atoms in total. The van der Waals surface area contributed by atoms with E-state index in [2.05, 4.69) is 11.4 Å². The zero-order valence-corrected chi connectivity index (χ0v) is 13.7. The van der Waals surface area contributed by atoms with E-state index in [4.69, 9.17) is 5.11 Å². The van der Waals surface area contributed by atoms with Crippen molar-refractivity contribution in [1.82, 2.24) is 5.32 Å². The predicted molar refractivity (Wildman–Crippen MR) is 84.0 cm³/mol. The van der Waals surface area contributed by atoms with Crippen LogP contribution in [0.15, 0.2) is 6.07 Å². The first-order valence-electron chi connectivity index (χ1n) is 7.24. The molecule has 0 heterocycles. The molecule has 0 bridgehead atoms. The molecule has 1 aromatic rings. The average molecular weight is 291 g/mol. The van der Waals surface area contributed by atoms with Crippen molar-refractivity contribution in [2.75, 3.05) is 0 Å². The molecule has 0 radical (unpaired) electrons.